The summed E-state index contributed by atoms with van der Waals surface area (Å²) < 4.78 is 5.61. The smallest absolute Gasteiger partial charge is 0.336 e. The van der Waals surface area contributed by atoms with Crippen molar-refractivity contribution in [3.63, 3.8) is 0 Å². The summed E-state index contributed by atoms with van der Waals surface area (Å²) >= 11 is 0. The number of carbonyl (C=O) groups is 2. The molecule has 1 aliphatic heterocycles. The summed E-state index contributed by atoms with van der Waals surface area (Å²) in [5, 5.41) is 12.9. The van der Waals surface area contributed by atoms with Crippen LogP contribution in [0.1, 0.15) is 36.8 Å². The number of benzene rings is 2. The maximum absolute atomic E-state index is 13.1. The van der Waals surface area contributed by atoms with Crippen molar-refractivity contribution >= 4 is 11.8 Å². The molecule has 2 atom stereocenters. The SMILES string of the molecule is CC1=C(C(=O)OCc2ccccc2)C(c2ccc(O)cc2)C2C(=O)CCC=C2N1. The van der Waals surface area contributed by atoms with Gasteiger partial charge in [-0.15, -0.1) is 0 Å². The van der Waals surface area contributed by atoms with E-state index < -0.39 is 17.8 Å². The van der Waals surface area contributed by atoms with E-state index in [1.807, 2.05) is 43.3 Å². The molecule has 4 rings (SSSR count). The van der Waals surface area contributed by atoms with Crippen molar-refractivity contribution in [1.29, 1.82) is 0 Å². The number of hydrogen-bond acceptors (Lipinski definition) is 5. The Balaban J connectivity index is 1.71. The van der Waals surface area contributed by atoms with Gasteiger partial charge in [-0.3, -0.25) is 4.79 Å². The lowest BCUT2D eigenvalue weighted by atomic mass is 9.71. The molecule has 0 fully saturated rings. The molecule has 1 aliphatic carbocycles. The highest BCUT2D eigenvalue weighted by atomic mass is 16.5. The molecule has 5 heteroatoms. The average Bonchev–Trinajstić information content (AvgIpc) is 2.72. The highest BCUT2D eigenvalue weighted by molar-refractivity contribution is 5.96. The van der Waals surface area contributed by atoms with Crippen LogP contribution in [0.3, 0.4) is 0 Å². The Morgan fingerprint density at radius 1 is 1.10 bits per heavy atom. The molecule has 0 saturated carbocycles. The van der Waals surface area contributed by atoms with E-state index in [4.69, 9.17) is 4.74 Å². The Labute approximate surface area is 169 Å². The number of fused-ring (bicyclic) bond motifs is 1. The summed E-state index contributed by atoms with van der Waals surface area (Å²) in [6, 6.07) is 16.2. The van der Waals surface area contributed by atoms with Gasteiger partial charge >= 0.3 is 5.97 Å². The summed E-state index contributed by atoms with van der Waals surface area (Å²) in [5.41, 5.74) is 3.71. The summed E-state index contributed by atoms with van der Waals surface area (Å²) in [6.45, 7) is 2.00. The summed E-state index contributed by atoms with van der Waals surface area (Å²) in [5.74, 6) is -1.08. The second-order valence-electron chi connectivity index (χ2n) is 7.44. The predicted octanol–water partition coefficient (Wildman–Crippen LogP) is 3.96. The zero-order chi connectivity index (χ0) is 20.4. The van der Waals surface area contributed by atoms with Crippen LogP contribution < -0.4 is 5.32 Å². The first kappa shape index (κ1) is 19.0. The van der Waals surface area contributed by atoms with Crippen LogP contribution in [0.4, 0.5) is 0 Å². The highest BCUT2D eigenvalue weighted by Gasteiger charge is 2.43. The van der Waals surface area contributed by atoms with E-state index in [1.54, 1.807) is 24.3 Å². The molecule has 2 N–H and O–H groups in total. The molecule has 0 aromatic heterocycles. The minimum atomic E-state index is -0.448. The topological polar surface area (TPSA) is 75.6 Å². The van der Waals surface area contributed by atoms with Crippen LogP contribution >= 0.6 is 0 Å². The van der Waals surface area contributed by atoms with Gasteiger partial charge in [-0.25, -0.2) is 4.79 Å². The molecular formula is C24H23NO4. The molecule has 1 heterocycles. The number of allylic oxidation sites excluding steroid dienone is 3. The quantitative estimate of drug-likeness (QED) is 0.774. The van der Waals surface area contributed by atoms with E-state index >= 15 is 0 Å². The van der Waals surface area contributed by atoms with Crippen LogP contribution in [0.5, 0.6) is 5.75 Å². The van der Waals surface area contributed by atoms with E-state index in [1.165, 1.54) is 0 Å². The lowest BCUT2D eigenvalue weighted by Gasteiger charge is -2.38. The zero-order valence-corrected chi connectivity index (χ0v) is 16.2. The van der Waals surface area contributed by atoms with Crippen molar-refractivity contribution in [3.05, 3.63) is 88.8 Å². The second-order valence-corrected chi connectivity index (χ2v) is 7.44. The van der Waals surface area contributed by atoms with Gasteiger partial charge in [-0.2, -0.15) is 0 Å². The number of aromatic hydroxyl groups is 1. The zero-order valence-electron chi connectivity index (χ0n) is 16.2. The monoisotopic (exact) mass is 389 g/mol. The molecular weight excluding hydrogens is 366 g/mol. The van der Waals surface area contributed by atoms with Gasteiger partial charge in [0, 0.05) is 23.7 Å². The molecule has 2 unspecified atom stereocenters. The summed E-state index contributed by atoms with van der Waals surface area (Å²) in [4.78, 5) is 25.9. The number of nitrogens with one attached hydrogen (secondary N) is 1. The van der Waals surface area contributed by atoms with Crippen LogP contribution in [0.25, 0.3) is 0 Å². The average molecular weight is 389 g/mol. The number of ether oxygens (including phenoxy) is 1. The number of carbonyl (C=O) groups excluding carboxylic acids is 2. The molecule has 0 bridgehead atoms. The van der Waals surface area contributed by atoms with E-state index in [9.17, 15) is 14.7 Å². The van der Waals surface area contributed by atoms with Crippen molar-refractivity contribution in [1.82, 2.24) is 5.32 Å². The van der Waals surface area contributed by atoms with Crippen LogP contribution in [0, 0.1) is 5.92 Å². The standard InChI is InChI=1S/C24H23NO4/c1-15-21(24(28)29-14-16-6-3-2-4-7-16)22(17-10-12-18(26)13-11-17)23-19(25-15)8-5-9-20(23)27/h2-4,6-8,10-13,22-23,25-26H,5,9,14H2,1H3. The molecule has 5 nitrogen and oxygen atoms in total. The normalized spacial score (nSPS) is 21.1. The number of Topliss-reactive ketones (excluding diaryl/α,β-unsaturated/α-hetero) is 1. The van der Waals surface area contributed by atoms with E-state index in [-0.39, 0.29) is 18.1 Å². The number of phenolic OH excluding ortho intramolecular Hbond substituents is 1. The van der Waals surface area contributed by atoms with Crippen molar-refractivity contribution in [2.45, 2.75) is 32.3 Å². The summed E-state index contributed by atoms with van der Waals surface area (Å²) in [6.07, 6.45) is 3.19. The predicted molar refractivity (Wildman–Crippen MR) is 109 cm³/mol. The lowest BCUT2D eigenvalue weighted by Crippen LogP contribution is -2.40. The number of esters is 1. The fourth-order valence-corrected chi connectivity index (χ4v) is 4.13. The third kappa shape index (κ3) is 3.81. The molecule has 2 aromatic rings. The van der Waals surface area contributed by atoms with Gasteiger partial charge in [-0.1, -0.05) is 48.5 Å². The number of ketones is 1. The first-order valence-corrected chi connectivity index (χ1v) is 9.75. The second kappa shape index (κ2) is 7.95. The van der Waals surface area contributed by atoms with Gasteiger partial charge in [0.25, 0.3) is 0 Å². The fraction of sp³-hybridized carbons (Fsp3) is 0.250. The molecule has 0 saturated heterocycles. The van der Waals surface area contributed by atoms with Crippen LogP contribution in [0.15, 0.2) is 77.6 Å². The maximum atomic E-state index is 13.1. The van der Waals surface area contributed by atoms with E-state index in [0.717, 1.165) is 16.8 Å². The number of rotatable bonds is 4. The Morgan fingerprint density at radius 3 is 2.55 bits per heavy atom. The molecule has 0 spiro atoms. The third-order valence-corrected chi connectivity index (χ3v) is 5.50. The summed E-state index contributed by atoms with van der Waals surface area (Å²) in [7, 11) is 0. The number of phenols is 1. The molecule has 0 radical (unpaired) electrons. The Morgan fingerprint density at radius 2 is 1.83 bits per heavy atom. The molecule has 148 valence electrons. The molecule has 0 amide bonds. The minimum Gasteiger partial charge on any atom is -0.508 e. The minimum absolute atomic E-state index is 0.105. The first-order chi connectivity index (χ1) is 14.0. The van der Waals surface area contributed by atoms with Crippen molar-refractivity contribution in [2.24, 2.45) is 5.92 Å². The van der Waals surface area contributed by atoms with Crippen molar-refractivity contribution in [2.75, 3.05) is 0 Å². The van der Waals surface area contributed by atoms with Gasteiger partial charge in [-0.05, 0) is 36.6 Å². The maximum Gasteiger partial charge on any atom is 0.336 e. The largest absolute Gasteiger partial charge is 0.508 e. The van der Waals surface area contributed by atoms with E-state index in [2.05, 4.69) is 5.32 Å². The van der Waals surface area contributed by atoms with Gasteiger partial charge in [0.1, 0.15) is 18.1 Å². The van der Waals surface area contributed by atoms with Gasteiger partial charge < -0.3 is 15.2 Å². The molecule has 2 aromatic carbocycles. The Hall–Kier alpha value is -3.34. The number of hydrogen-bond donors (Lipinski definition) is 2. The van der Waals surface area contributed by atoms with Crippen molar-refractivity contribution in [3.8, 4) is 5.75 Å². The van der Waals surface area contributed by atoms with Gasteiger partial charge in [0.05, 0.1) is 11.5 Å². The van der Waals surface area contributed by atoms with Crippen molar-refractivity contribution < 1.29 is 19.4 Å². The first-order valence-electron chi connectivity index (χ1n) is 9.75. The Bertz CT molecular complexity index is 989. The van der Waals surface area contributed by atoms with E-state index in [0.29, 0.717) is 24.1 Å². The van der Waals surface area contributed by atoms with Crippen LogP contribution in [0.2, 0.25) is 0 Å². The highest BCUT2D eigenvalue weighted by Crippen LogP contribution is 2.44. The third-order valence-electron chi connectivity index (χ3n) is 5.50. The molecule has 29 heavy (non-hydrogen) atoms. The molecule has 2 aliphatic rings. The van der Waals surface area contributed by atoms with Crippen LogP contribution in [-0.4, -0.2) is 16.9 Å². The fourth-order valence-electron chi connectivity index (χ4n) is 4.13. The lowest BCUT2D eigenvalue weighted by molar-refractivity contribution is -0.141. The van der Waals surface area contributed by atoms with Gasteiger partial charge in [0.2, 0.25) is 0 Å². The Kier molecular flexibility index (Phi) is 5.21. The van der Waals surface area contributed by atoms with Crippen LogP contribution in [-0.2, 0) is 20.9 Å². The van der Waals surface area contributed by atoms with Gasteiger partial charge in [0.15, 0.2) is 0 Å².